The molecule has 0 saturated carbocycles. The van der Waals surface area contributed by atoms with Gasteiger partial charge in [-0.1, -0.05) is 33.6 Å². The number of hydrogen-bond donors (Lipinski definition) is 1. The van der Waals surface area contributed by atoms with E-state index in [9.17, 15) is 0 Å². The van der Waals surface area contributed by atoms with Gasteiger partial charge in [-0.2, -0.15) is 0 Å². The van der Waals surface area contributed by atoms with Gasteiger partial charge in [0, 0.05) is 33.0 Å². The van der Waals surface area contributed by atoms with E-state index >= 15 is 0 Å². The number of nitrogens with two attached hydrogens (primary N) is 1. The van der Waals surface area contributed by atoms with Crippen molar-refractivity contribution in [2.45, 2.75) is 18.9 Å². The van der Waals surface area contributed by atoms with Gasteiger partial charge in [0.05, 0.1) is 5.01 Å². The Bertz CT molecular complexity index is 511. The highest BCUT2D eigenvalue weighted by Crippen LogP contribution is 2.31. The zero-order valence-electron chi connectivity index (χ0n) is 9.28. The quantitative estimate of drug-likeness (QED) is 0.924. The van der Waals surface area contributed by atoms with Crippen molar-refractivity contribution in [3.8, 4) is 0 Å². The molecule has 17 heavy (non-hydrogen) atoms. The number of halogens is 2. The largest absolute Gasteiger partial charge is 0.321 e. The van der Waals surface area contributed by atoms with Crippen molar-refractivity contribution < 1.29 is 0 Å². The summed E-state index contributed by atoms with van der Waals surface area (Å²) in [6.45, 7) is 1.98. The normalized spacial score (nSPS) is 14.6. The standard InChI is InChI=1S/C12H12BrClN2S/c1-12(15,7-11-16-4-5-17-11)9-3-2-8(13)6-10(9)14/h2-6H,7,15H2,1H3. The molecule has 0 amide bonds. The fraction of sp³-hybridized carbons (Fsp3) is 0.250. The molecule has 0 spiro atoms. The van der Waals surface area contributed by atoms with E-state index in [-0.39, 0.29) is 0 Å². The van der Waals surface area contributed by atoms with Gasteiger partial charge < -0.3 is 5.73 Å². The Morgan fingerprint density at radius 3 is 2.88 bits per heavy atom. The van der Waals surface area contributed by atoms with Crippen LogP contribution >= 0.6 is 38.9 Å². The number of nitrogens with zero attached hydrogens (tertiary/aromatic N) is 1. The van der Waals surface area contributed by atoms with Crippen LogP contribution in [0, 0.1) is 0 Å². The van der Waals surface area contributed by atoms with Crippen molar-refractivity contribution in [2.24, 2.45) is 5.73 Å². The Morgan fingerprint density at radius 2 is 2.29 bits per heavy atom. The Labute approximate surface area is 118 Å². The molecule has 2 aromatic rings. The number of benzene rings is 1. The summed E-state index contributed by atoms with van der Waals surface area (Å²) in [5.41, 5.74) is 6.78. The second kappa shape index (κ2) is 5.06. The van der Waals surface area contributed by atoms with Crippen LogP contribution in [0.5, 0.6) is 0 Å². The average Bonchev–Trinajstić information content (AvgIpc) is 2.68. The van der Waals surface area contributed by atoms with E-state index in [1.54, 1.807) is 17.5 Å². The molecule has 1 aromatic carbocycles. The minimum Gasteiger partial charge on any atom is -0.321 e. The molecule has 1 aromatic heterocycles. The summed E-state index contributed by atoms with van der Waals surface area (Å²) in [4.78, 5) is 4.26. The first-order valence-corrected chi connectivity index (χ1v) is 7.17. The molecule has 90 valence electrons. The van der Waals surface area contributed by atoms with Crippen molar-refractivity contribution in [3.63, 3.8) is 0 Å². The Balaban J connectivity index is 2.30. The molecular weight excluding hydrogens is 320 g/mol. The van der Waals surface area contributed by atoms with E-state index in [1.807, 2.05) is 30.5 Å². The van der Waals surface area contributed by atoms with Crippen LogP contribution in [0.1, 0.15) is 17.5 Å². The van der Waals surface area contributed by atoms with Gasteiger partial charge in [0.25, 0.3) is 0 Å². The maximum atomic E-state index is 6.35. The molecule has 0 aliphatic carbocycles. The maximum absolute atomic E-state index is 6.35. The number of thiazole rings is 1. The summed E-state index contributed by atoms with van der Waals surface area (Å²) in [7, 11) is 0. The lowest BCUT2D eigenvalue weighted by atomic mass is 9.90. The van der Waals surface area contributed by atoms with Crippen molar-refractivity contribution in [1.29, 1.82) is 0 Å². The van der Waals surface area contributed by atoms with Crippen LogP contribution in [0.25, 0.3) is 0 Å². The molecule has 2 N–H and O–H groups in total. The second-order valence-corrected chi connectivity index (χ2v) is 6.45. The number of hydrogen-bond acceptors (Lipinski definition) is 3. The topological polar surface area (TPSA) is 38.9 Å². The van der Waals surface area contributed by atoms with Crippen molar-refractivity contribution in [3.05, 3.63) is 49.8 Å². The van der Waals surface area contributed by atoms with Gasteiger partial charge in [-0.05, 0) is 24.6 Å². The van der Waals surface area contributed by atoms with Crippen LogP contribution in [-0.4, -0.2) is 4.98 Å². The zero-order valence-corrected chi connectivity index (χ0v) is 12.4. The van der Waals surface area contributed by atoms with Gasteiger partial charge in [-0.25, -0.2) is 4.98 Å². The summed E-state index contributed by atoms with van der Waals surface area (Å²) >= 11 is 11.2. The van der Waals surface area contributed by atoms with E-state index < -0.39 is 5.54 Å². The van der Waals surface area contributed by atoms with Crippen LogP contribution < -0.4 is 5.73 Å². The fourth-order valence-corrected chi connectivity index (χ4v) is 3.38. The molecule has 0 aliphatic heterocycles. The molecule has 1 heterocycles. The van der Waals surface area contributed by atoms with Gasteiger partial charge in [0.1, 0.15) is 0 Å². The zero-order chi connectivity index (χ0) is 12.5. The first-order valence-electron chi connectivity index (χ1n) is 5.12. The fourth-order valence-electron chi connectivity index (χ4n) is 1.70. The highest BCUT2D eigenvalue weighted by Gasteiger charge is 2.25. The predicted molar refractivity (Wildman–Crippen MR) is 76.5 cm³/mol. The molecule has 0 bridgehead atoms. The summed E-state index contributed by atoms with van der Waals surface area (Å²) in [6.07, 6.45) is 2.48. The second-order valence-electron chi connectivity index (χ2n) is 4.14. The first-order chi connectivity index (χ1) is 7.99. The molecule has 5 heteroatoms. The predicted octanol–water partition coefficient (Wildman–Crippen LogP) is 3.98. The molecule has 1 atom stereocenters. The molecule has 0 fully saturated rings. The van der Waals surface area contributed by atoms with Crippen LogP contribution in [0.2, 0.25) is 5.02 Å². The third-order valence-electron chi connectivity index (χ3n) is 2.55. The van der Waals surface area contributed by atoms with Gasteiger partial charge in [0.15, 0.2) is 0 Å². The van der Waals surface area contributed by atoms with Crippen molar-refractivity contribution in [1.82, 2.24) is 4.98 Å². The van der Waals surface area contributed by atoms with Gasteiger partial charge >= 0.3 is 0 Å². The van der Waals surface area contributed by atoms with Crippen molar-refractivity contribution >= 4 is 38.9 Å². The highest BCUT2D eigenvalue weighted by atomic mass is 79.9. The van der Waals surface area contributed by atoms with E-state index in [2.05, 4.69) is 20.9 Å². The Hall–Kier alpha value is -0.420. The Morgan fingerprint density at radius 1 is 1.53 bits per heavy atom. The monoisotopic (exact) mass is 330 g/mol. The molecule has 0 aliphatic rings. The summed E-state index contributed by atoms with van der Waals surface area (Å²) in [5, 5.41) is 3.66. The van der Waals surface area contributed by atoms with Crippen LogP contribution in [0.15, 0.2) is 34.2 Å². The minimum absolute atomic E-state index is 0.504. The molecule has 1 unspecified atom stereocenters. The lowest BCUT2D eigenvalue weighted by Gasteiger charge is -2.25. The average molecular weight is 332 g/mol. The molecular formula is C12H12BrClN2S. The molecule has 2 rings (SSSR count). The third kappa shape index (κ3) is 3.07. The summed E-state index contributed by atoms with van der Waals surface area (Å²) in [5.74, 6) is 0. The van der Waals surface area contributed by atoms with Crippen molar-refractivity contribution in [2.75, 3.05) is 0 Å². The van der Waals surface area contributed by atoms with Crippen LogP contribution in [-0.2, 0) is 12.0 Å². The minimum atomic E-state index is -0.504. The number of rotatable bonds is 3. The Kier molecular flexibility index (Phi) is 3.88. The van der Waals surface area contributed by atoms with E-state index in [1.165, 1.54) is 0 Å². The SMILES string of the molecule is CC(N)(Cc1nccs1)c1ccc(Br)cc1Cl. The van der Waals surface area contributed by atoms with E-state index in [0.717, 1.165) is 15.0 Å². The van der Waals surface area contributed by atoms with Crippen LogP contribution in [0.3, 0.4) is 0 Å². The first kappa shape index (κ1) is 13.0. The molecule has 0 saturated heterocycles. The summed E-state index contributed by atoms with van der Waals surface area (Å²) < 4.78 is 0.955. The smallest absolute Gasteiger partial charge is 0.0946 e. The lowest BCUT2D eigenvalue weighted by molar-refractivity contribution is 0.490. The maximum Gasteiger partial charge on any atom is 0.0946 e. The van der Waals surface area contributed by atoms with Gasteiger partial charge in [-0.3, -0.25) is 0 Å². The van der Waals surface area contributed by atoms with E-state index in [4.69, 9.17) is 17.3 Å². The molecule has 2 nitrogen and oxygen atoms in total. The molecule has 0 radical (unpaired) electrons. The van der Waals surface area contributed by atoms with Crippen LogP contribution in [0.4, 0.5) is 0 Å². The summed E-state index contributed by atoms with van der Waals surface area (Å²) in [6, 6.07) is 5.78. The van der Waals surface area contributed by atoms with Gasteiger partial charge in [0.2, 0.25) is 0 Å². The van der Waals surface area contributed by atoms with E-state index in [0.29, 0.717) is 11.4 Å². The third-order valence-corrected chi connectivity index (χ3v) is 4.13. The lowest BCUT2D eigenvalue weighted by Crippen LogP contribution is -2.35. The number of aromatic nitrogens is 1. The van der Waals surface area contributed by atoms with Gasteiger partial charge in [-0.15, -0.1) is 11.3 Å². The highest BCUT2D eigenvalue weighted by molar-refractivity contribution is 9.10.